The topological polar surface area (TPSA) is 45.8 Å². The largest absolute Gasteiger partial charge is 0.305 e. The molecule has 0 aliphatic carbocycles. The lowest BCUT2D eigenvalue weighted by Crippen LogP contribution is -2.10. The maximum absolute atomic E-state index is 13.8. The van der Waals surface area contributed by atoms with E-state index in [1.54, 1.807) is 12.1 Å². The van der Waals surface area contributed by atoms with Gasteiger partial charge in [0.1, 0.15) is 10.6 Å². The second-order valence-corrected chi connectivity index (χ2v) is 7.56. The van der Waals surface area contributed by atoms with Crippen molar-refractivity contribution in [1.29, 1.82) is 0 Å². The molecule has 3 nitrogen and oxygen atoms in total. The lowest BCUT2D eigenvalue weighted by Gasteiger charge is -2.02. The first-order chi connectivity index (χ1) is 10.9. The van der Waals surface area contributed by atoms with Gasteiger partial charge in [-0.15, -0.1) is 11.3 Å². The van der Waals surface area contributed by atoms with Crippen molar-refractivity contribution < 1.29 is 4.39 Å². The van der Waals surface area contributed by atoms with E-state index in [-0.39, 0.29) is 16.4 Å². The van der Waals surface area contributed by atoms with Crippen LogP contribution in [0.2, 0.25) is 0 Å². The Labute approximate surface area is 149 Å². The standard InChI is InChI=1S/C16H11BrClFN2OS/c1-7-8(2)23-16-13(7)15(22)20-14(21-16)11(18)6-9-5-10(17)3-4-12(9)19/h3-6H,1-2H3,(H,20,21,22)/b11-6-. The second-order valence-electron chi connectivity index (χ2n) is 5.04. The molecule has 0 spiro atoms. The Kier molecular flexibility index (Phi) is 4.40. The van der Waals surface area contributed by atoms with Gasteiger partial charge in [0.25, 0.3) is 5.56 Å². The van der Waals surface area contributed by atoms with Gasteiger partial charge in [-0.1, -0.05) is 27.5 Å². The fourth-order valence-corrected chi connectivity index (χ4v) is 3.81. The van der Waals surface area contributed by atoms with Crippen molar-refractivity contribution >= 4 is 60.2 Å². The minimum Gasteiger partial charge on any atom is -0.305 e. The van der Waals surface area contributed by atoms with Crippen molar-refractivity contribution in [3.05, 3.63) is 60.7 Å². The number of fused-ring (bicyclic) bond motifs is 1. The molecular weight excluding hydrogens is 403 g/mol. The maximum atomic E-state index is 13.8. The number of hydrogen-bond acceptors (Lipinski definition) is 3. The molecule has 3 aromatic rings. The molecule has 3 rings (SSSR count). The summed E-state index contributed by atoms with van der Waals surface area (Å²) in [7, 11) is 0. The van der Waals surface area contributed by atoms with Crippen LogP contribution in [-0.2, 0) is 0 Å². The van der Waals surface area contributed by atoms with Gasteiger partial charge in [-0.3, -0.25) is 4.79 Å². The highest BCUT2D eigenvalue weighted by Gasteiger charge is 2.13. The molecule has 2 aromatic heterocycles. The van der Waals surface area contributed by atoms with E-state index in [4.69, 9.17) is 11.6 Å². The zero-order valence-corrected chi connectivity index (χ0v) is 15.4. The Bertz CT molecular complexity index is 1010. The van der Waals surface area contributed by atoms with E-state index < -0.39 is 5.82 Å². The summed E-state index contributed by atoms with van der Waals surface area (Å²) in [5.41, 5.74) is 0.988. The molecule has 0 saturated carbocycles. The molecule has 23 heavy (non-hydrogen) atoms. The van der Waals surface area contributed by atoms with Gasteiger partial charge in [-0.25, -0.2) is 9.37 Å². The highest BCUT2D eigenvalue weighted by Crippen LogP contribution is 2.28. The quantitative estimate of drug-likeness (QED) is 0.624. The average molecular weight is 414 g/mol. The number of hydrogen-bond donors (Lipinski definition) is 1. The van der Waals surface area contributed by atoms with Crippen LogP contribution in [0.1, 0.15) is 21.8 Å². The first-order valence-corrected chi connectivity index (χ1v) is 8.68. The molecule has 0 saturated heterocycles. The minimum atomic E-state index is -0.405. The Morgan fingerprint density at radius 1 is 1.43 bits per heavy atom. The van der Waals surface area contributed by atoms with Crippen LogP contribution in [0.25, 0.3) is 21.3 Å². The van der Waals surface area contributed by atoms with E-state index in [1.807, 2.05) is 13.8 Å². The predicted octanol–water partition coefficient (Wildman–Crippen LogP) is 5.24. The third kappa shape index (κ3) is 3.11. The number of benzene rings is 1. The Morgan fingerprint density at radius 3 is 2.91 bits per heavy atom. The SMILES string of the molecule is Cc1sc2nc(/C(Cl)=C/c3cc(Br)ccc3F)[nH]c(=O)c2c1C. The molecule has 1 aromatic carbocycles. The van der Waals surface area contributed by atoms with Crippen molar-refractivity contribution in [2.45, 2.75) is 13.8 Å². The van der Waals surface area contributed by atoms with E-state index >= 15 is 0 Å². The van der Waals surface area contributed by atoms with E-state index in [2.05, 4.69) is 25.9 Å². The zero-order chi connectivity index (χ0) is 16.7. The average Bonchev–Trinajstić information content (AvgIpc) is 2.78. The van der Waals surface area contributed by atoms with Crippen molar-refractivity contribution in [2.75, 3.05) is 0 Å². The monoisotopic (exact) mass is 412 g/mol. The Morgan fingerprint density at radius 2 is 2.17 bits per heavy atom. The molecule has 118 valence electrons. The van der Waals surface area contributed by atoms with Gasteiger partial charge in [0, 0.05) is 14.9 Å². The number of nitrogens with zero attached hydrogens (tertiary/aromatic N) is 1. The van der Waals surface area contributed by atoms with Crippen LogP contribution in [0.5, 0.6) is 0 Å². The number of halogens is 3. The molecule has 0 atom stereocenters. The summed E-state index contributed by atoms with van der Waals surface area (Å²) in [5.74, 6) is -0.178. The van der Waals surface area contributed by atoms with Crippen LogP contribution in [0.15, 0.2) is 27.5 Å². The molecule has 7 heteroatoms. The number of nitrogens with one attached hydrogen (secondary N) is 1. The van der Waals surface area contributed by atoms with E-state index in [0.717, 1.165) is 14.9 Å². The number of H-pyrrole nitrogens is 1. The van der Waals surface area contributed by atoms with Gasteiger partial charge in [-0.05, 0) is 43.7 Å². The summed E-state index contributed by atoms with van der Waals surface area (Å²) < 4.78 is 14.6. The third-order valence-corrected chi connectivity index (χ3v) is 5.39. The molecule has 0 aliphatic rings. The fraction of sp³-hybridized carbons (Fsp3) is 0.125. The molecule has 0 unspecified atom stereocenters. The molecule has 2 heterocycles. The summed E-state index contributed by atoms with van der Waals surface area (Å²) in [5, 5.41) is 0.749. The number of aryl methyl sites for hydroxylation is 2. The molecular formula is C16H11BrClFN2OS. The summed E-state index contributed by atoms with van der Waals surface area (Å²) in [6.45, 7) is 3.83. The molecule has 0 bridgehead atoms. The number of aromatic nitrogens is 2. The minimum absolute atomic E-state index is 0.171. The smallest absolute Gasteiger partial charge is 0.260 e. The van der Waals surface area contributed by atoms with Crippen LogP contribution >= 0.6 is 38.9 Å². The Balaban J connectivity index is 2.14. The van der Waals surface area contributed by atoms with Gasteiger partial charge >= 0.3 is 0 Å². The lowest BCUT2D eigenvalue weighted by atomic mass is 10.2. The molecule has 1 N–H and O–H groups in total. The first kappa shape index (κ1) is 16.4. The first-order valence-electron chi connectivity index (χ1n) is 6.69. The fourth-order valence-electron chi connectivity index (χ4n) is 2.20. The number of rotatable bonds is 2. The maximum Gasteiger partial charge on any atom is 0.260 e. The summed E-state index contributed by atoms with van der Waals surface area (Å²) in [6.07, 6.45) is 1.44. The normalized spacial score (nSPS) is 12.1. The van der Waals surface area contributed by atoms with Gasteiger partial charge in [0.2, 0.25) is 0 Å². The van der Waals surface area contributed by atoms with E-state index in [0.29, 0.717) is 15.8 Å². The molecule has 0 fully saturated rings. The van der Waals surface area contributed by atoms with Gasteiger partial charge < -0.3 is 4.98 Å². The number of thiophene rings is 1. The zero-order valence-electron chi connectivity index (χ0n) is 12.2. The van der Waals surface area contributed by atoms with Gasteiger partial charge in [0.05, 0.1) is 10.4 Å². The van der Waals surface area contributed by atoms with Crippen molar-refractivity contribution in [3.63, 3.8) is 0 Å². The van der Waals surface area contributed by atoms with Crippen LogP contribution in [0.4, 0.5) is 4.39 Å². The summed E-state index contributed by atoms with van der Waals surface area (Å²) in [6, 6.07) is 4.54. The van der Waals surface area contributed by atoms with Crippen molar-refractivity contribution in [1.82, 2.24) is 9.97 Å². The van der Waals surface area contributed by atoms with Gasteiger partial charge in [-0.2, -0.15) is 0 Å². The molecule has 0 amide bonds. The Hall–Kier alpha value is -1.50. The van der Waals surface area contributed by atoms with E-state index in [1.165, 1.54) is 23.5 Å². The van der Waals surface area contributed by atoms with E-state index in [9.17, 15) is 9.18 Å². The van der Waals surface area contributed by atoms with Crippen molar-refractivity contribution in [2.24, 2.45) is 0 Å². The highest BCUT2D eigenvalue weighted by atomic mass is 79.9. The molecule has 0 radical (unpaired) electrons. The highest BCUT2D eigenvalue weighted by molar-refractivity contribution is 9.10. The summed E-state index contributed by atoms with van der Waals surface area (Å²) in [4.78, 5) is 21.0. The third-order valence-electron chi connectivity index (χ3n) is 3.51. The number of aromatic amines is 1. The second kappa shape index (κ2) is 6.19. The van der Waals surface area contributed by atoms with Crippen LogP contribution in [0, 0.1) is 19.7 Å². The van der Waals surface area contributed by atoms with Crippen LogP contribution in [-0.4, -0.2) is 9.97 Å². The lowest BCUT2D eigenvalue weighted by molar-refractivity contribution is 0.625. The van der Waals surface area contributed by atoms with Crippen LogP contribution < -0.4 is 5.56 Å². The summed E-state index contributed by atoms with van der Waals surface area (Å²) >= 11 is 11.0. The van der Waals surface area contributed by atoms with Crippen LogP contribution in [0.3, 0.4) is 0 Å². The molecule has 0 aliphatic heterocycles. The van der Waals surface area contributed by atoms with Crippen molar-refractivity contribution in [3.8, 4) is 0 Å². The van der Waals surface area contributed by atoms with Gasteiger partial charge in [0.15, 0.2) is 5.82 Å². The predicted molar refractivity (Wildman–Crippen MR) is 97.5 cm³/mol.